The molecule has 0 aromatic rings. The third-order valence-corrected chi connectivity index (χ3v) is 4.32. The van der Waals surface area contributed by atoms with Gasteiger partial charge in [0, 0.05) is 17.8 Å². The van der Waals surface area contributed by atoms with Crippen molar-refractivity contribution in [1.29, 1.82) is 0 Å². The van der Waals surface area contributed by atoms with Crippen molar-refractivity contribution >= 4 is 11.8 Å². The number of methoxy groups -OCH3 is 1. The summed E-state index contributed by atoms with van der Waals surface area (Å²) in [6, 6.07) is 0. The molecule has 2 fully saturated rings. The maximum absolute atomic E-state index is 5.50. The summed E-state index contributed by atoms with van der Waals surface area (Å²) in [5.41, 5.74) is 1.71. The van der Waals surface area contributed by atoms with Crippen LogP contribution in [0.1, 0.15) is 38.5 Å². The van der Waals surface area contributed by atoms with Gasteiger partial charge in [-0.2, -0.15) is 0 Å². The number of hydrogen-bond donors (Lipinski definition) is 0. The molecule has 13 heavy (non-hydrogen) atoms. The topological polar surface area (TPSA) is 9.23 Å². The minimum atomic E-state index is 0.443. The van der Waals surface area contributed by atoms with Gasteiger partial charge in [-0.05, 0) is 32.1 Å². The molecule has 1 atom stereocenters. The monoisotopic (exact) mass is 198 g/mol. The molecule has 0 N–H and O–H groups in total. The van der Waals surface area contributed by atoms with Crippen LogP contribution in [0.4, 0.5) is 0 Å². The van der Waals surface area contributed by atoms with Crippen molar-refractivity contribution in [1.82, 2.24) is 0 Å². The molecule has 1 heterocycles. The van der Waals surface area contributed by atoms with E-state index in [1.807, 2.05) is 18.9 Å². The number of ether oxygens (including phenoxy) is 1. The van der Waals surface area contributed by atoms with Crippen molar-refractivity contribution in [3.05, 3.63) is 10.5 Å². The summed E-state index contributed by atoms with van der Waals surface area (Å²) in [6.45, 7) is 0. The molecule has 2 rings (SSSR count). The average Bonchev–Trinajstić information content (AvgIpc) is 2.67. The van der Waals surface area contributed by atoms with Crippen LogP contribution in [0.5, 0.6) is 0 Å². The van der Waals surface area contributed by atoms with Gasteiger partial charge in [-0.25, -0.2) is 0 Å². The maximum Gasteiger partial charge on any atom is 0.0886 e. The van der Waals surface area contributed by atoms with Crippen LogP contribution < -0.4 is 0 Å². The zero-order valence-electron chi connectivity index (χ0n) is 8.34. The molecule has 1 nitrogen and oxygen atoms in total. The van der Waals surface area contributed by atoms with Gasteiger partial charge in [0.15, 0.2) is 0 Å². The van der Waals surface area contributed by atoms with Crippen molar-refractivity contribution in [2.24, 2.45) is 0 Å². The smallest absolute Gasteiger partial charge is 0.0886 e. The molecule has 0 aromatic carbocycles. The summed E-state index contributed by atoms with van der Waals surface area (Å²) in [5, 5.41) is 0. The van der Waals surface area contributed by atoms with Crippen molar-refractivity contribution < 1.29 is 4.74 Å². The fourth-order valence-electron chi connectivity index (χ4n) is 2.28. The Morgan fingerprint density at radius 1 is 1.23 bits per heavy atom. The molecule has 1 aliphatic heterocycles. The second-order valence-corrected chi connectivity index (χ2v) is 5.03. The first-order valence-corrected chi connectivity index (χ1v) is 6.28. The van der Waals surface area contributed by atoms with Crippen molar-refractivity contribution in [3.63, 3.8) is 0 Å². The van der Waals surface area contributed by atoms with E-state index in [1.54, 1.807) is 10.5 Å². The van der Waals surface area contributed by atoms with E-state index in [-0.39, 0.29) is 0 Å². The third-order valence-electron chi connectivity index (χ3n) is 3.02. The molecule has 0 unspecified atom stereocenters. The van der Waals surface area contributed by atoms with Crippen LogP contribution in [-0.4, -0.2) is 19.0 Å². The van der Waals surface area contributed by atoms with Gasteiger partial charge in [-0.15, -0.1) is 11.8 Å². The molecule has 2 heteroatoms. The second-order valence-electron chi connectivity index (χ2n) is 3.89. The van der Waals surface area contributed by atoms with Gasteiger partial charge in [-0.3, -0.25) is 0 Å². The number of thioether (sulfide) groups is 1. The quantitative estimate of drug-likeness (QED) is 0.639. The number of rotatable bonds is 1. The minimum absolute atomic E-state index is 0.443. The van der Waals surface area contributed by atoms with E-state index >= 15 is 0 Å². The SMILES string of the molecule is CO[C@H]1CCSC1=C1CCCCC1. The highest BCUT2D eigenvalue weighted by Gasteiger charge is 2.25. The highest BCUT2D eigenvalue weighted by molar-refractivity contribution is 8.03. The van der Waals surface area contributed by atoms with Gasteiger partial charge in [0.25, 0.3) is 0 Å². The summed E-state index contributed by atoms with van der Waals surface area (Å²) in [4.78, 5) is 1.59. The Bertz CT molecular complexity index is 202. The second kappa shape index (κ2) is 4.52. The van der Waals surface area contributed by atoms with Crippen LogP contribution in [0.2, 0.25) is 0 Å². The largest absolute Gasteiger partial charge is 0.376 e. The fourth-order valence-corrected chi connectivity index (χ4v) is 3.64. The van der Waals surface area contributed by atoms with E-state index < -0.39 is 0 Å². The summed E-state index contributed by atoms with van der Waals surface area (Å²) >= 11 is 2.04. The first kappa shape index (κ1) is 9.60. The van der Waals surface area contributed by atoms with Gasteiger partial charge < -0.3 is 4.74 Å². The highest BCUT2D eigenvalue weighted by atomic mass is 32.2. The average molecular weight is 198 g/mol. The Morgan fingerprint density at radius 2 is 2.00 bits per heavy atom. The van der Waals surface area contributed by atoms with E-state index in [4.69, 9.17) is 4.74 Å². The predicted octanol–water partition coefficient (Wildman–Crippen LogP) is 3.36. The first-order valence-electron chi connectivity index (χ1n) is 5.29. The van der Waals surface area contributed by atoms with Crippen LogP contribution in [0, 0.1) is 0 Å². The lowest BCUT2D eigenvalue weighted by Crippen LogP contribution is -2.09. The Morgan fingerprint density at radius 3 is 2.69 bits per heavy atom. The molecule has 0 spiro atoms. The number of allylic oxidation sites excluding steroid dienone is 1. The predicted molar refractivity (Wildman–Crippen MR) is 58.0 cm³/mol. The van der Waals surface area contributed by atoms with Crippen molar-refractivity contribution in [3.8, 4) is 0 Å². The van der Waals surface area contributed by atoms with Crippen molar-refractivity contribution in [2.75, 3.05) is 12.9 Å². The zero-order valence-corrected chi connectivity index (χ0v) is 9.16. The third kappa shape index (κ3) is 2.10. The molecule has 0 amide bonds. The number of hydrogen-bond acceptors (Lipinski definition) is 2. The van der Waals surface area contributed by atoms with E-state index in [9.17, 15) is 0 Å². The van der Waals surface area contributed by atoms with E-state index in [2.05, 4.69) is 0 Å². The molecule has 1 saturated heterocycles. The van der Waals surface area contributed by atoms with E-state index in [1.165, 1.54) is 44.3 Å². The maximum atomic E-state index is 5.50. The summed E-state index contributed by atoms with van der Waals surface area (Å²) in [5.74, 6) is 1.26. The van der Waals surface area contributed by atoms with Crippen LogP contribution >= 0.6 is 11.8 Å². The summed E-state index contributed by atoms with van der Waals surface area (Å²) in [6.07, 6.45) is 8.56. The first-order chi connectivity index (χ1) is 6.42. The molecule has 0 radical (unpaired) electrons. The van der Waals surface area contributed by atoms with E-state index in [0.29, 0.717) is 6.10 Å². The van der Waals surface area contributed by atoms with Gasteiger partial charge >= 0.3 is 0 Å². The zero-order chi connectivity index (χ0) is 9.10. The molecule has 0 bridgehead atoms. The van der Waals surface area contributed by atoms with Crippen LogP contribution in [-0.2, 0) is 4.74 Å². The van der Waals surface area contributed by atoms with Gasteiger partial charge in [0.1, 0.15) is 0 Å². The van der Waals surface area contributed by atoms with Gasteiger partial charge in [-0.1, -0.05) is 12.0 Å². The molecular formula is C11H18OS. The molecule has 0 aromatic heterocycles. The molecule has 2 aliphatic rings. The minimum Gasteiger partial charge on any atom is -0.376 e. The van der Waals surface area contributed by atoms with Crippen LogP contribution in [0.25, 0.3) is 0 Å². The van der Waals surface area contributed by atoms with Gasteiger partial charge in [0.2, 0.25) is 0 Å². The van der Waals surface area contributed by atoms with Crippen LogP contribution in [0.15, 0.2) is 10.5 Å². The molecule has 74 valence electrons. The Labute approximate surface area is 84.9 Å². The Hall–Kier alpha value is 0.0500. The fraction of sp³-hybridized carbons (Fsp3) is 0.818. The van der Waals surface area contributed by atoms with E-state index in [0.717, 1.165) is 0 Å². The molecule has 1 saturated carbocycles. The van der Waals surface area contributed by atoms with Gasteiger partial charge in [0.05, 0.1) is 6.10 Å². The molecule has 1 aliphatic carbocycles. The summed E-state index contributed by atoms with van der Waals surface area (Å²) in [7, 11) is 1.85. The lowest BCUT2D eigenvalue weighted by atomic mass is 9.93. The summed E-state index contributed by atoms with van der Waals surface area (Å²) < 4.78 is 5.50. The lowest BCUT2D eigenvalue weighted by Gasteiger charge is -2.19. The standard InChI is InChI=1S/C11H18OS/c1-12-10-7-8-13-11(10)9-5-3-2-4-6-9/h10H,2-8H2,1H3/t10-/m0/s1. The molecular weight excluding hydrogens is 180 g/mol. The van der Waals surface area contributed by atoms with Crippen LogP contribution in [0.3, 0.4) is 0 Å². The van der Waals surface area contributed by atoms with Crippen molar-refractivity contribution in [2.45, 2.75) is 44.6 Å². The normalized spacial score (nSPS) is 29.8. The highest BCUT2D eigenvalue weighted by Crippen LogP contribution is 2.39. The lowest BCUT2D eigenvalue weighted by molar-refractivity contribution is 0.138. The Balaban J connectivity index is 2.10. The Kier molecular flexibility index (Phi) is 3.33.